The summed E-state index contributed by atoms with van der Waals surface area (Å²) in [4.78, 5) is 0. The third-order valence-electron chi connectivity index (χ3n) is 2.25. The van der Waals surface area contributed by atoms with E-state index in [0.29, 0.717) is 11.6 Å². The first-order valence-electron chi connectivity index (χ1n) is 5.90. The number of hydrogen-bond acceptors (Lipinski definition) is 2. The third-order valence-corrected chi connectivity index (χ3v) is 2.55. The summed E-state index contributed by atoms with van der Waals surface area (Å²) >= 11 is 6.14. The molecule has 0 amide bonds. The van der Waals surface area contributed by atoms with Crippen LogP contribution in [0.5, 0.6) is 5.75 Å². The number of nitrogens with one attached hydrogen (secondary N) is 1. The van der Waals surface area contributed by atoms with E-state index in [0.717, 1.165) is 36.4 Å². The Labute approximate surface area is 109 Å². The predicted octanol–water partition coefficient (Wildman–Crippen LogP) is 3.79. The van der Waals surface area contributed by atoms with Crippen molar-refractivity contribution in [3.63, 3.8) is 0 Å². The molecule has 0 aliphatic rings. The van der Waals surface area contributed by atoms with E-state index in [9.17, 15) is 0 Å². The van der Waals surface area contributed by atoms with Crippen molar-refractivity contribution in [2.75, 3.05) is 13.2 Å². The molecule has 0 aromatic heterocycles. The molecule has 0 aliphatic heterocycles. The van der Waals surface area contributed by atoms with Gasteiger partial charge in [-0.15, -0.1) is 0 Å². The predicted molar refractivity (Wildman–Crippen MR) is 73.8 cm³/mol. The summed E-state index contributed by atoms with van der Waals surface area (Å²) in [5.74, 6) is 0.765. The summed E-state index contributed by atoms with van der Waals surface area (Å²) in [5, 5.41) is 4.00. The van der Waals surface area contributed by atoms with Crippen LogP contribution in [0.3, 0.4) is 0 Å². The summed E-state index contributed by atoms with van der Waals surface area (Å²) in [6, 6.07) is 5.82. The van der Waals surface area contributed by atoms with Crippen molar-refractivity contribution in [1.82, 2.24) is 5.32 Å². The minimum atomic E-state index is 0.504. The summed E-state index contributed by atoms with van der Waals surface area (Å²) in [7, 11) is 0. The number of benzene rings is 1. The standard InChI is InChI=1S/C14H20ClNO/c1-4-8-16-9-12-6-5-7-13(15)14(12)17-10-11(2)3/h5-7,16H,2,4,8-10H2,1,3H3. The van der Waals surface area contributed by atoms with E-state index in [2.05, 4.69) is 18.8 Å². The van der Waals surface area contributed by atoms with Gasteiger partial charge >= 0.3 is 0 Å². The minimum Gasteiger partial charge on any atom is -0.487 e. The molecule has 1 aromatic carbocycles. The molecule has 0 atom stereocenters. The molecule has 0 saturated carbocycles. The Morgan fingerprint density at radius 3 is 2.88 bits per heavy atom. The van der Waals surface area contributed by atoms with Gasteiger partial charge in [-0.25, -0.2) is 0 Å². The van der Waals surface area contributed by atoms with Crippen LogP contribution in [0.4, 0.5) is 0 Å². The molecule has 3 heteroatoms. The second kappa shape index (κ2) is 7.36. The molecule has 1 aromatic rings. The molecular weight excluding hydrogens is 234 g/mol. The van der Waals surface area contributed by atoms with Gasteiger partial charge in [0.1, 0.15) is 12.4 Å². The zero-order chi connectivity index (χ0) is 12.7. The molecule has 0 bridgehead atoms. The molecule has 0 unspecified atom stereocenters. The van der Waals surface area contributed by atoms with Crippen LogP contribution in [-0.4, -0.2) is 13.2 Å². The SMILES string of the molecule is C=C(C)COc1c(Cl)cccc1CNCCC. The maximum Gasteiger partial charge on any atom is 0.142 e. The highest BCUT2D eigenvalue weighted by Gasteiger charge is 2.07. The van der Waals surface area contributed by atoms with Crippen LogP contribution in [0.2, 0.25) is 5.02 Å². The molecule has 17 heavy (non-hydrogen) atoms. The smallest absolute Gasteiger partial charge is 0.142 e. The Hall–Kier alpha value is -0.990. The van der Waals surface area contributed by atoms with Gasteiger partial charge in [-0.2, -0.15) is 0 Å². The second-order valence-corrected chi connectivity index (χ2v) is 4.56. The van der Waals surface area contributed by atoms with E-state index in [-0.39, 0.29) is 0 Å². The fourth-order valence-corrected chi connectivity index (χ4v) is 1.70. The average molecular weight is 254 g/mol. The van der Waals surface area contributed by atoms with E-state index >= 15 is 0 Å². The molecular formula is C14H20ClNO. The Balaban J connectivity index is 2.73. The first kappa shape index (κ1) is 14.1. The molecule has 2 nitrogen and oxygen atoms in total. The van der Waals surface area contributed by atoms with Gasteiger partial charge in [0.15, 0.2) is 0 Å². The fourth-order valence-electron chi connectivity index (χ4n) is 1.45. The Kier molecular flexibility index (Phi) is 6.09. The van der Waals surface area contributed by atoms with Crippen LogP contribution in [0.15, 0.2) is 30.4 Å². The van der Waals surface area contributed by atoms with Crippen LogP contribution < -0.4 is 10.1 Å². The summed E-state index contributed by atoms with van der Waals surface area (Å²) in [5.41, 5.74) is 2.07. The zero-order valence-electron chi connectivity index (χ0n) is 10.6. The minimum absolute atomic E-state index is 0.504. The van der Waals surface area contributed by atoms with E-state index in [1.165, 1.54) is 0 Å². The molecule has 94 valence electrons. The lowest BCUT2D eigenvalue weighted by atomic mass is 10.2. The lowest BCUT2D eigenvalue weighted by molar-refractivity contribution is 0.348. The third kappa shape index (κ3) is 4.80. The van der Waals surface area contributed by atoms with Gasteiger partial charge in [0.25, 0.3) is 0 Å². The van der Waals surface area contributed by atoms with E-state index in [1.54, 1.807) is 0 Å². The van der Waals surface area contributed by atoms with Crippen molar-refractivity contribution >= 4 is 11.6 Å². The highest BCUT2D eigenvalue weighted by Crippen LogP contribution is 2.28. The average Bonchev–Trinajstić information content (AvgIpc) is 2.28. The Morgan fingerprint density at radius 1 is 1.47 bits per heavy atom. The summed E-state index contributed by atoms with van der Waals surface area (Å²) in [6.07, 6.45) is 1.11. The van der Waals surface area contributed by atoms with Gasteiger partial charge in [0, 0.05) is 12.1 Å². The van der Waals surface area contributed by atoms with E-state index in [1.807, 2.05) is 25.1 Å². The molecule has 0 aliphatic carbocycles. The number of hydrogen-bond donors (Lipinski definition) is 1. The van der Waals surface area contributed by atoms with Gasteiger partial charge in [0.2, 0.25) is 0 Å². The van der Waals surface area contributed by atoms with Gasteiger partial charge in [-0.05, 0) is 31.5 Å². The molecule has 0 heterocycles. The van der Waals surface area contributed by atoms with Crippen molar-refractivity contribution < 1.29 is 4.74 Å². The van der Waals surface area contributed by atoms with Gasteiger partial charge in [-0.3, -0.25) is 0 Å². The van der Waals surface area contributed by atoms with Crippen LogP contribution >= 0.6 is 11.6 Å². The fraction of sp³-hybridized carbons (Fsp3) is 0.429. The number of para-hydroxylation sites is 1. The Bertz CT molecular complexity index is 376. The largest absolute Gasteiger partial charge is 0.487 e. The maximum absolute atomic E-state index is 6.14. The second-order valence-electron chi connectivity index (χ2n) is 4.15. The Morgan fingerprint density at radius 2 is 2.24 bits per heavy atom. The normalized spacial score (nSPS) is 10.3. The van der Waals surface area contributed by atoms with Crippen molar-refractivity contribution in [3.05, 3.63) is 40.9 Å². The van der Waals surface area contributed by atoms with Crippen LogP contribution in [0.1, 0.15) is 25.8 Å². The first-order chi connectivity index (χ1) is 8.15. The van der Waals surface area contributed by atoms with E-state index in [4.69, 9.17) is 16.3 Å². The number of ether oxygens (including phenoxy) is 1. The monoisotopic (exact) mass is 253 g/mol. The zero-order valence-corrected chi connectivity index (χ0v) is 11.3. The highest BCUT2D eigenvalue weighted by molar-refractivity contribution is 6.32. The molecule has 0 spiro atoms. The highest BCUT2D eigenvalue weighted by atomic mass is 35.5. The van der Waals surface area contributed by atoms with Crippen molar-refractivity contribution in [3.8, 4) is 5.75 Å². The molecule has 0 fully saturated rings. The van der Waals surface area contributed by atoms with Crippen LogP contribution in [0, 0.1) is 0 Å². The molecule has 0 saturated heterocycles. The quantitative estimate of drug-likeness (QED) is 0.590. The molecule has 1 rings (SSSR count). The van der Waals surface area contributed by atoms with Crippen molar-refractivity contribution in [1.29, 1.82) is 0 Å². The van der Waals surface area contributed by atoms with Crippen LogP contribution in [-0.2, 0) is 6.54 Å². The molecule has 1 N–H and O–H groups in total. The lowest BCUT2D eigenvalue weighted by Crippen LogP contribution is -2.15. The van der Waals surface area contributed by atoms with Crippen LogP contribution in [0.25, 0.3) is 0 Å². The summed E-state index contributed by atoms with van der Waals surface area (Å²) < 4.78 is 5.69. The first-order valence-corrected chi connectivity index (χ1v) is 6.28. The number of rotatable bonds is 7. The van der Waals surface area contributed by atoms with Gasteiger partial charge in [0.05, 0.1) is 5.02 Å². The lowest BCUT2D eigenvalue weighted by Gasteiger charge is -2.13. The van der Waals surface area contributed by atoms with Gasteiger partial charge < -0.3 is 10.1 Å². The topological polar surface area (TPSA) is 21.3 Å². The maximum atomic E-state index is 6.14. The summed E-state index contributed by atoms with van der Waals surface area (Å²) in [6.45, 7) is 10.2. The van der Waals surface area contributed by atoms with E-state index < -0.39 is 0 Å². The van der Waals surface area contributed by atoms with Crippen molar-refractivity contribution in [2.24, 2.45) is 0 Å². The molecule has 0 radical (unpaired) electrons. The number of halogens is 1. The van der Waals surface area contributed by atoms with Crippen molar-refractivity contribution in [2.45, 2.75) is 26.8 Å². The van der Waals surface area contributed by atoms with Gasteiger partial charge in [-0.1, -0.05) is 37.2 Å².